The number of thiocarbonyl (C=S) groups is 1. The van der Waals surface area contributed by atoms with E-state index in [4.69, 9.17) is 49.6 Å². The van der Waals surface area contributed by atoms with Crippen molar-refractivity contribution in [3.8, 4) is 17.2 Å². The quantitative estimate of drug-likeness (QED) is 0.236. The lowest BCUT2D eigenvalue weighted by atomic mass is 10.1. The largest absolute Gasteiger partial charge is 0.494 e. The molecule has 0 radical (unpaired) electrons. The predicted molar refractivity (Wildman–Crippen MR) is 147 cm³/mol. The summed E-state index contributed by atoms with van der Waals surface area (Å²) >= 11 is 18.4. The molecule has 0 atom stereocenters. The zero-order valence-corrected chi connectivity index (χ0v) is 22.3. The number of nitrogens with zero attached hydrogens (tertiary/aromatic N) is 2. The predicted octanol–water partition coefficient (Wildman–Crippen LogP) is 6.58. The van der Waals surface area contributed by atoms with Gasteiger partial charge in [0.25, 0.3) is 5.91 Å². The third kappa shape index (κ3) is 5.28. The molecule has 0 aliphatic carbocycles. The van der Waals surface area contributed by atoms with Gasteiger partial charge < -0.3 is 19.1 Å². The number of hydrogen-bond donors (Lipinski definition) is 0. The molecule has 0 N–H and O–H groups in total. The fourth-order valence-electron chi connectivity index (χ4n) is 3.73. The highest BCUT2D eigenvalue weighted by Gasteiger charge is 2.36. The van der Waals surface area contributed by atoms with E-state index < -0.39 is 0 Å². The molecule has 3 aromatic carbocycles. The summed E-state index contributed by atoms with van der Waals surface area (Å²) in [6.07, 6.45) is 1.72. The minimum absolute atomic E-state index is 0.225. The summed E-state index contributed by atoms with van der Waals surface area (Å²) < 4.78 is 17.0. The number of carbonyl (C=O) groups excluding carboxylic acids is 1. The van der Waals surface area contributed by atoms with Crippen molar-refractivity contribution in [3.63, 3.8) is 0 Å². The molecule has 3 aromatic rings. The Bertz CT molecular complexity index is 1330. The lowest BCUT2D eigenvalue weighted by molar-refractivity contribution is -0.114. The first kappa shape index (κ1) is 25.8. The van der Waals surface area contributed by atoms with E-state index in [-0.39, 0.29) is 12.5 Å². The van der Waals surface area contributed by atoms with Crippen molar-refractivity contribution in [1.82, 2.24) is 4.90 Å². The molecule has 0 saturated carbocycles. The number of rotatable bonds is 8. The Morgan fingerprint density at radius 1 is 1.00 bits per heavy atom. The number of carbonyl (C=O) groups is 1. The molecule has 0 unspecified atom stereocenters. The molecule has 1 aliphatic heterocycles. The molecule has 186 valence electrons. The summed E-state index contributed by atoms with van der Waals surface area (Å²) in [6, 6.07) is 18.1. The average Bonchev–Trinajstić information content (AvgIpc) is 3.07. The molecular formula is C27H24Cl2N2O4S. The van der Waals surface area contributed by atoms with Gasteiger partial charge in [-0.25, -0.2) is 0 Å². The van der Waals surface area contributed by atoms with Crippen LogP contribution in [0.1, 0.15) is 18.1 Å². The van der Waals surface area contributed by atoms with Crippen LogP contribution in [-0.2, 0) is 11.4 Å². The third-order valence-electron chi connectivity index (χ3n) is 5.55. The monoisotopic (exact) mass is 542 g/mol. The van der Waals surface area contributed by atoms with Gasteiger partial charge in [-0.05, 0) is 73.2 Å². The van der Waals surface area contributed by atoms with Gasteiger partial charge in [0.1, 0.15) is 18.1 Å². The zero-order chi connectivity index (χ0) is 25.8. The highest BCUT2D eigenvalue weighted by molar-refractivity contribution is 7.80. The normalized spacial score (nSPS) is 14.5. The van der Waals surface area contributed by atoms with Gasteiger partial charge in [0.2, 0.25) is 0 Å². The zero-order valence-electron chi connectivity index (χ0n) is 20.0. The van der Waals surface area contributed by atoms with Crippen LogP contribution >= 0.6 is 35.4 Å². The van der Waals surface area contributed by atoms with E-state index in [1.165, 1.54) is 12.0 Å². The molecule has 1 saturated heterocycles. The van der Waals surface area contributed by atoms with Crippen molar-refractivity contribution in [2.75, 3.05) is 25.7 Å². The number of ether oxygens (including phenoxy) is 3. The van der Waals surface area contributed by atoms with Gasteiger partial charge in [-0.2, -0.15) is 0 Å². The first-order chi connectivity index (χ1) is 17.3. The highest BCUT2D eigenvalue weighted by atomic mass is 35.5. The first-order valence-corrected chi connectivity index (χ1v) is 12.3. The minimum atomic E-state index is -0.249. The van der Waals surface area contributed by atoms with Crippen LogP contribution < -0.4 is 19.1 Å². The summed E-state index contributed by atoms with van der Waals surface area (Å²) in [6.45, 7) is 2.70. The number of benzene rings is 3. The maximum atomic E-state index is 13.3. The van der Waals surface area contributed by atoms with Crippen LogP contribution in [0.15, 0.2) is 66.4 Å². The molecule has 0 aromatic heterocycles. The number of likely N-dealkylation sites (N-methyl/N-ethyl adjacent to an activating group) is 1. The van der Waals surface area contributed by atoms with Gasteiger partial charge >= 0.3 is 0 Å². The molecule has 1 amide bonds. The molecule has 6 nitrogen and oxygen atoms in total. The van der Waals surface area contributed by atoms with E-state index in [1.807, 2.05) is 37.3 Å². The van der Waals surface area contributed by atoms with E-state index in [2.05, 4.69) is 0 Å². The number of halogens is 2. The minimum Gasteiger partial charge on any atom is -0.494 e. The van der Waals surface area contributed by atoms with Crippen molar-refractivity contribution in [2.24, 2.45) is 0 Å². The van der Waals surface area contributed by atoms with Crippen LogP contribution in [0.3, 0.4) is 0 Å². The van der Waals surface area contributed by atoms with Gasteiger partial charge in [-0.15, -0.1) is 0 Å². The SMILES string of the molecule is CCOc1ccc(N2C(=O)/C(=C/c3cc(Cl)c(OCc4ccccc4Cl)c(OC)c3)N(C)C2=S)cc1. The molecule has 36 heavy (non-hydrogen) atoms. The second-order valence-electron chi connectivity index (χ2n) is 7.85. The standard InChI is InChI=1S/C27H24Cl2N2O4S/c1-4-34-20-11-9-19(10-12-20)31-26(32)23(30(2)27(31)36)14-17-13-22(29)25(24(15-17)33-3)35-16-18-7-5-6-8-21(18)28/h5-15H,4,16H2,1-3H3/b23-14-. The fraction of sp³-hybridized carbons (Fsp3) is 0.185. The van der Waals surface area contributed by atoms with E-state index in [1.54, 1.807) is 48.4 Å². The lowest BCUT2D eigenvalue weighted by Gasteiger charge is -2.16. The Morgan fingerprint density at radius 2 is 1.72 bits per heavy atom. The number of anilines is 1. The molecule has 1 aliphatic rings. The fourth-order valence-corrected chi connectivity index (χ4v) is 4.48. The van der Waals surface area contributed by atoms with Crippen LogP contribution in [0.4, 0.5) is 5.69 Å². The number of amides is 1. The van der Waals surface area contributed by atoms with Gasteiger partial charge in [0.05, 0.1) is 24.4 Å². The Hall–Kier alpha value is -3.26. The summed E-state index contributed by atoms with van der Waals surface area (Å²) in [7, 11) is 3.28. The van der Waals surface area contributed by atoms with E-state index in [0.29, 0.717) is 50.2 Å². The Labute approximate surface area is 225 Å². The van der Waals surface area contributed by atoms with Crippen molar-refractivity contribution < 1.29 is 19.0 Å². The van der Waals surface area contributed by atoms with Crippen LogP contribution in [0.5, 0.6) is 17.2 Å². The van der Waals surface area contributed by atoms with Gasteiger partial charge in [-0.1, -0.05) is 41.4 Å². The molecule has 1 fully saturated rings. The molecule has 0 spiro atoms. The van der Waals surface area contributed by atoms with Crippen LogP contribution in [0, 0.1) is 0 Å². The van der Waals surface area contributed by atoms with E-state index in [9.17, 15) is 4.79 Å². The maximum absolute atomic E-state index is 13.3. The van der Waals surface area contributed by atoms with Gasteiger partial charge in [0, 0.05) is 17.6 Å². The third-order valence-corrected chi connectivity index (χ3v) is 6.66. The molecule has 4 rings (SSSR count). The van der Waals surface area contributed by atoms with Crippen molar-refractivity contribution in [3.05, 3.63) is 87.5 Å². The lowest BCUT2D eigenvalue weighted by Crippen LogP contribution is -2.31. The molecule has 0 bridgehead atoms. The first-order valence-electron chi connectivity index (χ1n) is 11.1. The van der Waals surface area contributed by atoms with Crippen molar-refractivity contribution in [1.29, 1.82) is 0 Å². The van der Waals surface area contributed by atoms with Gasteiger partial charge in [-0.3, -0.25) is 9.69 Å². The highest BCUT2D eigenvalue weighted by Crippen LogP contribution is 2.38. The Morgan fingerprint density at radius 3 is 2.39 bits per heavy atom. The van der Waals surface area contributed by atoms with Crippen LogP contribution in [0.2, 0.25) is 10.0 Å². The second-order valence-corrected chi connectivity index (χ2v) is 9.03. The maximum Gasteiger partial charge on any atom is 0.281 e. The van der Waals surface area contributed by atoms with Crippen molar-refractivity contribution in [2.45, 2.75) is 13.5 Å². The van der Waals surface area contributed by atoms with Gasteiger partial charge in [0.15, 0.2) is 16.6 Å². The molecular weight excluding hydrogens is 519 g/mol. The molecule has 9 heteroatoms. The average molecular weight is 543 g/mol. The Kier molecular flexibility index (Phi) is 8.04. The van der Waals surface area contributed by atoms with E-state index in [0.717, 1.165) is 11.3 Å². The summed E-state index contributed by atoms with van der Waals surface area (Å²) in [4.78, 5) is 16.5. The summed E-state index contributed by atoms with van der Waals surface area (Å²) in [5.74, 6) is 1.29. The van der Waals surface area contributed by atoms with Crippen LogP contribution in [0.25, 0.3) is 6.08 Å². The number of hydrogen-bond acceptors (Lipinski definition) is 5. The van der Waals surface area contributed by atoms with Crippen molar-refractivity contribution >= 4 is 58.2 Å². The Balaban J connectivity index is 1.60. The second kappa shape index (κ2) is 11.2. The summed E-state index contributed by atoms with van der Waals surface area (Å²) in [5.41, 5.74) is 2.54. The van der Waals surface area contributed by atoms with E-state index >= 15 is 0 Å². The number of methoxy groups -OCH3 is 1. The van der Waals surface area contributed by atoms with Crippen LogP contribution in [-0.4, -0.2) is 36.7 Å². The topological polar surface area (TPSA) is 51.2 Å². The molecule has 1 heterocycles. The summed E-state index contributed by atoms with van der Waals surface area (Å²) in [5, 5.41) is 1.31. The smallest absolute Gasteiger partial charge is 0.281 e.